The van der Waals surface area contributed by atoms with E-state index in [9.17, 15) is 0 Å². The van der Waals surface area contributed by atoms with E-state index in [1.165, 1.54) is 0 Å². The number of benzene rings is 1. The maximum atomic E-state index is 6.28. The summed E-state index contributed by atoms with van der Waals surface area (Å²) < 4.78 is 0. The summed E-state index contributed by atoms with van der Waals surface area (Å²) in [5.41, 5.74) is 1.39. The molecule has 2 rings (SSSR count). The molecule has 0 saturated carbocycles. The average molecular weight is 330 g/mol. The van der Waals surface area contributed by atoms with Gasteiger partial charge in [-0.15, -0.1) is 0 Å². The van der Waals surface area contributed by atoms with Crippen molar-refractivity contribution in [1.29, 1.82) is 0 Å². The first-order valence-corrected chi connectivity index (χ1v) is 7.38. The molecule has 0 aliphatic heterocycles. The summed E-state index contributed by atoms with van der Waals surface area (Å²) in [5, 5.41) is 1.23. The summed E-state index contributed by atoms with van der Waals surface area (Å²) in [6.07, 6.45) is 0.704. The van der Waals surface area contributed by atoms with Crippen LogP contribution in [0.1, 0.15) is 26.6 Å². The Labute approximate surface area is 134 Å². The summed E-state index contributed by atoms with van der Waals surface area (Å²) in [6, 6.07) is 7.36. The van der Waals surface area contributed by atoms with Crippen LogP contribution in [-0.2, 0) is 6.42 Å². The van der Waals surface area contributed by atoms with E-state index < -0.39 is 0 Å². The van der Waals surface area contributed by atoms with Gasteiger partial charge in [-0.25, -0.2) is 9.97 Å². The van der Waals surface area contributed by atoms with E-state index in [1.54, 1.807) is 6.07 Å². The van der Waals surface area contributed by atoms with Crippen molar-refractivity contribution in [1.82, 2.24) is 9.97 Å². The van der Waals surface area contributed by atoms with Crippen LogP contribution in [0.3, 0.4) is 0 Å². The minimum atomic E-state index is 0.0680. The molecular weight excluding hydrogens is 315 g/mol. The van der Waals surface area contributed by atoms with Gasteiger partial charge in [0, 0.05) is 17.0 Å². The first-order chi connectivity index (χ1) is 9.28. The minimum Gasteiger partial charge on any atom is -0.220 e. The first kappa shape index (κ1) is 15.6. The molecule has 1 aromatic heterocycles. The van der Waals surface area contributed by atoms with Gasteiger partial charge in [0.05, 0.1) is 5.56 Å². The monoisotopic (exact) mass is 328 g/mol. The maximum Gasteiger partial charge on any atom is 0.142 e. The van der Waals surface area contributed by atoms with Crippen molar-refractivity contribution in [3.8, 4) is 11.1 Å². The molecule has 0 spiro atoms. The minimum absolute atomic E-state index is 0.0680. The maximum absolute atomic E-state index is 6.28. The smallest absolute Gasteiger partial charge is 0.142 e. The SMILES string of the molecule is CC(C)(C)Cc1nc(Cl)c(-c2ccccc2Cl)c(Cl)n1. The third-order valence-electron chi connectivity index (χ3n) is 2.70. The molecule has 0 fully saturated rings. The lowest BCUT2D eigenvalue weighted by Crippen LogP contribution is -2.12. The molecule has 0 saturated heterocycles. The van der Waals surface area contributed by atoms with E-state index in [-0.39, 0.29) is 5.41 Å². The van der Waals surface area contributed by atoms with E-state index in [0.29, 0.717) is 33.1 Å². The molecule has 0 unspecified atom stereocenters. The van der Waals surface area contributed by atoms with Crippen LogP contribution in [-0.4, -0.2) is 9.97 Å². The predicted octanol–water partition coefficient (Wildman–Crippen LogP) is 5.69. The van der Waals surface area contributed by atoms with Gasteiger partial charge in [-0.1, -0.05) is 73.8 Å². The highest BCUT2D eigenvalue weighted by Crippen LogP contribution is 2.37. The van der Waals surface area contributed by atoms with Crippen LogP contribution in [0.4, 0.5) is 0 Å². The van der Waals surface area contributed by atoms with E-state index in [0.717, 1.165) is 5.56 Å². The van der Waals surface area contributed by atoms with Crippen molar-refractivity contribution in [3.63, 3.8) is 0 Å². The van der Waals surface area contributed by atoms with Gasteiger partial charge in [0.25, 0.3) is 0 Å². The lowest BCUT2D eigenvalue weighted by atomic mass is 9.92. The van der Waals surface area contributed by atoms with Crippen molar-refractivity contribution in [3.05, 3.63) is 45.4 Å². The first-order valence-electron chi connectivity index (χ1n) is 6.25. The summed E-state index contributed by atoms with van der Waals surface area (Å²) >= 11 is 18.7. The van der Waals surface area contributed by atoms with Gasteiger partial charge >= 0.3 is 0 Å². The van der Waals surface area contributed by atoms with Gasteiger partial charge in [0.15, 0.2) is 0 Å². The van der Waals surface area contributed by atoms with Crippen LogP contribution in [0.25, 0.3) is 11.1 Å². The fourth-order valence-electron chi connectivity index (χ4n) is 1.89. The Bertz CT molecular complexity index is 610. The molecule has 0 amide bonds. The van der Waals surface area contributed by atoms with Gasteiger partial charge in [-0.05, 0) is 11.5 Å². The van der Waals surface area contributed by atoms with Crippen LogP contribution in [0.5, 0.6) is 0 Å². The number of nitrogens with zero attached hydrogens (tertiary/aromatic N) is 2. The molecule has 1 aromatic carbocycles. The molecule has 5 heteroatoms. The van der Waals surface area contributed by atoms with Crippen LogP contribution in [0, 0.1) is 5.41 Å². The second-order valence-electron chi connectivity index (χ2n) is 5.81. The van der Waals surface area contributed by atoms with Crippen molar-refractivity contribution in [2.75, 3.05) is 0 Å². The average Bonchev–Trinajstić information content (AvgIpc) is 2.28. The van der Waals surface area contributed by atoms with E-state index in [1.807, 2.05) is 18.2 Å². The van der Waals surface area contributed by atoms with Crippen LogP contribution in [0.2, 0.25) is 15.3 Å². The van der Waals surface area contributed by atoms with Crippen LogP contribution < -0.4 is 0 Å². The Kier molecular flexibility index (Phi) is 4.58. The van der Waals surface area contributed by atoms with Gasteiger partial charge in [-0.2, -0.15) is 0 Å². The Balaban J connectivity index is 2.50. The number of hydrogen-bond acceptors (Lipinski definition) is 2. The van der Waals surface area contributed by atoms with E-state index >= 15 is 0 Å². The molecule has 0 N–H and O–H groups in total. The van der Waals surface area contributed by atoms with E-state index in [4.69, 9.17) is 34.8 Å². The topological polar surface area (TPSA) is 25.8 Å². The molecule has 0 radical (unpaired) electrons. The summed E-state index contributed by atoms with van der Waals surface area (Å²) in [4.78, 5) is 8.70. The Morgan fingerprint density at radius 1 is 0.950 bits per heavy atom. The number of aromatic nitrogens is 2. The highest BCUT2D eigenvalue weighted by molar-refractivity contribution is 6.40. The highest BCUT2D eigenvalue weighted by Gasteiger charge is 2.19. The lowest BCUT2D eigenvalue weighted by Gasteiger charge is -2.17. The van der Waals surface area contributed by atoms with Gasteiger partial charge in [0.2, 0.25) is 0 Å². The molecule has 106 valence electrons. The largest absolute Gasteiger partial charge is 0.220 e. The molecule has 0 bridgehead atoms. The predicted molar refractivity (Wildman–Crippen MR) is 85.7 cm³/mol. The quantitative estimate of drug-likeness (QED) is 0.661. The van der Waals surface area contributed by atoms with Gasteiger partial charge in [-0.3, -0.25) is 0 Å². The van der Waals surface area contributed by atoms with Crippen LogP contribution >= 0.6 is 34.8 Å². The lowest BCUT2D eigenvalue weighted by molar-refractivity contribution is 0.400. The second kappa shape index (κ2) is 5.88. The third kappa shape index (κ3) is 3.63. The van der Waals surface area contributed by atoms with Gasteiger partial charge in [0.1, 0.15) is 16.1 Å². The summed E-state index contributed by atoms with van der Waals surface area (Å²) in [6.45, 7) is 6.33. The number of halogens is 3. The zero-order chi connectivity index (χ0) is 14.9. The summed E-state index contributed by atoms with van der Waals surface area (Å²) in [7, 11) is 0. The van der Waals surface area contributed by atoms with Crippen molar-refractivity contribution < 1.29 is 0 Å². The zero-order valence-corrected chi connectivity index (χ0v) is 13.8. The van der Waals surface area contributed by atoms with Gasteiger partial charge < -0.3 is 0 Å². The van der Waals surface area contributed by atoms with Crippen molar-refractivity contribution in [2.24, 2.45) is 5.41 Å². The Hall–Kier alpha value is -0.830. The number of rotatable bonds is 2. The molecule has 1 heterocycles. The molecule has 0 aliphatic carbocycles. The third-order valence-corrected chi connectivity index (χ3v) is 3.58. The fraction of sp³-hybridized carbons (Fsp3) is 0.333. The second-order valence-corrected chi connectivity index (χ2v) is 6.94. The van der Waals surface area contributed by atoms with E-state index in [2.05, 4.69) is 30.7 Å². The molecule has 20 heavy (non-hydrogen) atoms. The molecule has 2 aromatic rings. The van der Waals surface area contributed by atoms with Crippen LogP contribution in [0.15, 0.2) is 24.3 Å². The van der Waals surface area contributed by atoms with Crippen molar-refractivity contribution in [2.45, 2.75) is 27.2 Å². The normalized spacial score (nSPS) is 11.7. The molecule has 2 nitrogen and oxygen atoms in total. The Morgan fingerprint density at radius 3 is 2.00 bits per heavy atom. The Morgan fingerprint density at radius 2 is 1.50 bits per heavy atom. The van der Waals surface area contributed by atoms with Crippen molar-refractivity contribution >= 4 is 34.8 Å². The molecule has 0 atom stereocenters. The fourth-order valence-corrected chi connectivity index (χ4v) is 2.74. The molecule has 0 aliphatic rings. The number of hydrogen-bond donors (Lipinski definition) is 0. The molecular formula is C15H15Cl3N2. The zero-order valence-electron chi connectivity index (χ0n) is 11.5. The standard InChI is InChI=1S/C15H15Cl3N2/c1-15(2,3)8-11-19-13(17)12(14(18)20-11)9-6-4-5-7-10(9)16/h4-7H,8H2,1-3H3. The highest BCUT2D eigenvalue weighted by atomic mass is 35.5. The summed E-state index contributed by atoms with van der Waals surface area (Å²) in [5.74, 6) is 0.642.